The normalized spacial score (nSPS) is 15.2. The molecule has 2 rings (SSSR count). The van der Waals surface area contributed by atoms with Gasteiger partial charge in [0.2, 0.25) is 0 Å². The summed E-state index contributed by atoms with van der Waals surface area (Å²) in [5.74, 6) is 0.189. The molecule has 76 valence electrons. The van der Waals surface area contributed by atoms with Gasteiger partial charge in [-0.25, -0.2) is 0 Å². The summed E-state index contributed by atoms with van der Waals surface area (Å²) in [7, 11) is 0. The van der Waals surface area contributed by atoms with Crippen molar-refractivity contribution in [3.63, 3.8) is 0 Å². The second-order valence-corrected chi connectivity index (χ2v) is 3.74. The van der Waals surface area contributed by atoms with Crippen LogP contribution in [0.2, 0.25) is 0 Å². The summed E-state index contributed by atoms with van der Waals surface area (Å²) in [4.78, 5) is 11.5. The Hall–Kier alpha value is -1.25. The maximum atomic E-state index is 11.5. The molecule has 3 heteroatoms. The minimum atomic E-state index is -0.0781. The topological polar surface area (TPSA) is 42.2 Å². The number of fused-ring (bicyclic) bond motifs is 1. The van der Waals surface area contributed by atoms with Gasteiger partial charge in [0.1, 0.15) is 5.75 Å². The van der Waals surface area contributed by atoms with Crippen LogP contribution in [0, 0.1) is 0 Å². The van der Waals surface area contributed by atoms with Crippen LogP contribution in [0.25, 0.3) is 0 Å². The highest BCUT2D eigenvalue weighted by molar-refractivity contribution is 5.37. The number of hydrogen-bond acceptors (Lipinski definition) is 2. The molecule has 0 bridgehead atoms. The molecule has 0 saturated heterocycles. The molecule has 1 aromatic rings. The van der Waals surface area contributed by atoms with Gasteiger partial charge in [0.25, 0.3) is 5.56 Å². The van der Waals surface area contributed by atoms with Crippen molar-refractivity contribution in [1.29, 1.82) is 0 Å². The van der Waals surface area contributed by atoms with E-state index >= 15 is 0 Å². The number of aromatic hydroxyl groups is 1. The van der Waals surface area contributed by atoms with Crippen molar-refractivity contribution in [2.75, 3.05) is 0 Å². The molecular weight excluding hydrogens is 178 g/mol. The van der Waals surface area contributed by atoms with E-state index < -0.39 is 0 Å². The summed E-state index contributed by atoms with van der Waals surface area (Å²) >= 11 is 0. The Morgan fingerprint density at radius 3 is 2.86 bits per heavy atom. The van der Waals surface area contributed by atoms with Crippen molar-refractivity contribution in [1.82, 2.24) is 4.57 Å². The molecule has 1 heterocycles. The minimum absolute atomic E-state index is 0.0781. The van der Waals surface area contributed by atoms with E-state index in [4.69, 9.17) is 0 Å². The standard InChI is InChI=1S/C11H15NO2/c1-2-12-9-6-4-3-5-8(9)10(13)7-11(12)14/h7,13H,2-6H2,1H3. The highest BCUT2D eigenvalue weighted by Gasteiger charge is 2.17. The van der Waals surface area contributed by atoms with Crippen LogP contribution in [-0.4, -0.2) is 9.67 Å². The summed E-state index contributed by atoms with van der Waals surface area (Å²) in [5.41, 5.74) is 1.95. The average Bonchev–Trinajstić information content (AvgIpc) is 2.18. The molecule has 1 aliphatic rings. The van der Waals surface area contributed by atoms with E-state index in [0.29, 0.717) is 6.54 Å². The quantitative estimate of drug-likeness (QED) is 0.733. The summed E-state index contributed by atoms with van der Waals surface area (Å²) in [6.07, 6.45) is 4.06. The molecule has 0 radical (unpaired) electrons. The van der Waals surface area contributed by atoms with Crippen LogP contribution in [-0.2, 0) is 19.4 Å². The molecule has 3 nitrogen and oxygen atoms in total. The predicted molar refractivity (Wildman–Crippen MR) is 54.7 cm³/mol. The van der Waals surface area contributed by atoms with Crippen LogP contribution in [0.15, 0.2) is 10.9 Å². The van der Waals surface area contributed by atoms with Crippen molar-refractivity contribution >= 4 is 0 Å². The molecule has 0 aromatic carbocycles. The lowest BCUT2D eigenvalue weighted by molar-refractivity contribution is 0.451. The molecule has 1 aliphatic carbocycles. The van der Waals surface area contributed by atoms with Crippen LogP contribution in [0.4, 0.5) is 0 Å². The highest BCUT2D eigenvalue weighted by atomic mass is 16.3. The Morgan fingerprint density at radius 2 is 2.14 bits per heavy atom. The first-order valence-electron chi connectivity index (χ1n) is 5.18. The van der Waals surface area contributed by atoms with Gasteiger partial charge in [-0.05, 0) is 32.6 Å². The average molecular weight is 193 g/mol. The van der Waals surface area contributed by atoms with E-state index in [9.17, 15) is 9.90 Å². The van der Waals surface area contributed by atoms with Gasteiger partial charge in [-0.1, -0.05) is 0 Å². The molecular formula is C11H15NO2. The number of rotatable bonds is 1. The molecule has 1 aromatic heterocycles. The van der Waals surface area contributed by atoms with Crippen LogP contribution in [0.1, 0.15) is 31.0 Å². The third-order valence-corrected chi connectivity index (χ3v) is 2.92. The van der Waals surface area contributed by atoms with E-state index in [1.54, 1.807) is 4.57 Å². The van der Waals surface area contributed by atoms with Gasteiger partial charge in [0, 0.05) is 23.9 Å². The van der Waals surface area contributed by atoms with Gasteiger partial charge in [0.05, 0.1) is 0 Å². The third-order valence-electron chi connectivity index (χ3n) is 2.92. The molecule has 0 unspecified atom stereocenters. The number of aromatic nitrogens is 1. The van der Waals surface area contributed by atoms with Crippen molar-refractivity contribution < 1.29 is 5.11 Å². The zero-order chi connectivity index (χ0) is 10.1. The summed E-state index contributed by atoms with van der Waals surface area (Å²) in [5, 5.41) is 9.64. The lowest BCUT2D eigenvalue weighted by Crippen LogP contribution is -2.25. The van der Waals surface area contributed by atoms with Crippen molar-refractivity contribution in [3.05, 3.63) is 27.7 Å². The summed E-state index contributed by atoms with van der Waals surface area (Å²) in [6, 6.07) is 1.34. The fourth-order valence-corrected chi connectivity index (χ4v) is 2.22. The lowest BCUT2D eigenvalue weighted by Gasteiger charge is -2.20. The van der Waals surface area contributed by atoms with Crippen molar-refractivity contribution in [2.45, 2.75) is 39.2 Å². The fraction of sp³-hybridized carbons (Fsp3) is 0.545. The molecule has 0 aliphatic heterocycles. The predicted octanol–water partition coefficient (Wildman–Crippen LogP) is 1.45. The summed E-state index contributed by atoms with van der Waals surface area (Å²) in [6.45, 7) is 2.66. The Morgan fingerprint density at radius 1 is 1.43 bits per heavy atom. The zero-order valence-corrected chi connectivity index (χ0v) is 8.42. The van der Waals surface area contributed by atoms with Gasteiger partial charge in [-0.15, -0.1) is 0 Å². The summed E-state index contributed by atoms with van der Waals surface area (Å²) < 4.78 is 1.77. The monoisotopic (exact) mass is 193 g/mol. The fourth-order valence-electron chi connectivity index (χ4n) is 2.22. The molecule has 1 N–H and O–H groups in total. The van der Waals surface area contributed by atoms with E-state index in [1.807, 2.05) is 6.92 Å². The molecule has 0 saturated carbocycles. The second kappa shape index (κ2) is 3.48. The smallest absolute Gasteiger partial charge is 0.254 e. The molecule has 0 spiro atoms. The highest BCUT2D eigenvalue weighted by Crippen LogP contribution is 2.26. The van der Waals surface area contributed by atoms with Crippen molar-refractivity contribution in [2.24, 2.45) is 0 Å². The number of nitrogens with zero attached hydrogens (tertiary/aromatic N) is 1. The largest absolute Gasteiger partial charge is 0.507 e. The van der Waals surface area contributed by atoms with E-state index in [-0.39, 0.29) is 11.3 Å². The maximum Gasteiger partial charge on any atom is 0.254 e. The second-order valence-electron chi connectivity index (χ2n) is 3.74. The first-order valence-corrected chi connectivity index (χ1v) is 5.18. The van der Waals surface area contributed by atoms with Gasteiger partial charge in [-0.3, -0.25) is 4.79 Å². The minimum Gasteiger partial charge on any atom is -0.507 e. The van der Waals surface area contributed by atoms with Crippen LogP contribution >= 0.6 is 0 Å². The van der Waals surface area contributed by atoms with Gasteiger partial charge in [-0.2, -0.15) is 0 Å². The van der Waals surface area contributed by atoms with Gasteiger partial charge < -0.3 is 9.67 Å². The Bertz CT molecular complexity index is 406. The SMILES string of the molecule is CCn1c2c(c(O)cc1=O)CCCC2. The first-order chi connectivity index (χ1) is 6.74. The van der Waals surface area contributed by atoms with E-state index in [0.717, 1.165) is 36.9 Å². The number of hydrogen-bond donors (Lipinski definition) is 1. The molecule has 14 heavy (non-hydrogen) atoms. The zero-order valence-electron chi connectivity index (χ0n) is 8.42. The van der Waals surface area contributed by atoms with Gasteiger partial charge >= 0.3 is 0 Å². The molecule has 0 atom stereocenters. The maximum absolute atomic E-state index is 11.5. The van der Waals surface area contributed by atoms with Crippen LogP contribution < -0.4 is 5.56 Å². The molecule has 0 amide bonds. The van der Waals surface area contributed by atoms with Crippen LogP contribution in [0.5, 0.6) is 5.75 Å². The Kier molecular flexibility index (Phi) is 2.32. The Balaban J connectivity index is 2.67. The van der Waals surface area contributed by atoms with Crippen molar-refractivity contribution in [3.8, 4) is 5.75 Å². The third kappa shape index (κ3) is 1.33. The number of pyridine rings is 1. The van der Waals surface area contributed by atoms with E-state index in [1.165, 1.54) is 6.07 Å². The lowest BCUT2D eigenvalue weighted by atomic mass is 9.95. The van der Waals surface area contributed by atoms with E-state index in [2.05, 4.69) is 0 Å². The first kappa shape index (κ1) is 9.31. The molecule has 0 fully saturated rings. The van der Waals surface area contributed by atoms with Gasteiger partial charge in [0.15, 0.2) is 0 Å². The van der Waals surface area contributed by atoms with Crippen LogP contribution in [0.3, 0.4) is 0 Å². The Labute approximate surface area is 83.0 Å².